The molecule has 0 saturated carbocycles. The molecule has 0 amide bonds. The van der Waals surface area contributed by atoms with Crippen molar-refractivity contribution in [2.75, 3.05) is 26.4 Å². The van der Waals surface area contributed by atoms with Crippen LogP contribution in [0.2, 0.25) is 0 Å². The summed E-state index contributed by atoms with van der Waals surface area (Å²) in [5, 5.41) is 29.8. The van der Waals surface area contributed by atoms with Gasteiger partial charge in [0.15, 0.2) is 6.10 Å². The van der Waals surface area contributed by atoms with E-state index in [4.69, 9.17) is 23.8 Å². The van der Waals surface area contributed by atoms with Gasteiger partial charge in [0.05, 0.1) is 32.0 Å². The summed E-state index contributed by atoms with van der Waals surface area (Å²) in [6, 6.07) is 0. The predicted molar refractivity (Wildman–Crippen MR) is 260 cm³/mol. The largest absolute Gasteiger partial charge is 0.472 e. The third-order valence-corrected chi connectivity index (χ3v) is 11.4. The van der Waals surface area contributed by atoms with Gasteiger partial charge in [-0.05, 0) is 44.4 Å². The zero-order valence-corrected chi connectivity index (χ0v) is 41.9. The molecule has 0 fully saturated rings. The molecular formula is C49H86O15P2. The van der Waals surface area contributed by atoms with E-state index in [0.29, 0.717) is 32.1 Å². The first kappa shape index (κ1) is 63.5. The van der Waals surface area contributed by atoms with Gasteiger partial charge in [-0.1, -0.05) is 190 Å². The number of unbranched alkanes of at least 4 members (excludes halogenated alkanes) is 15. The Kier molecular flexibility index (Phi) is 40.9. The van der Waals surface area contributed by atoms with Gasteiger partial charge in [-0.2, -0.15) is 0 Å². The van der Waals surface area contributed by atoms with Crippen LogP contribution in [0.25, 0.3) is 0 Å². The number of allylic oxidation sites excluding steroid dienone is 8. The predicted octanol–water partition coefficient (Wildman–Crippen LogP) is 10.8. The number of aliphatic hydroxyl groups excluding tert-OH is 3. The second-order valence-corrected chi connectivity index (χ2v) is 19.6. The van der Waals surface area contributed by atoms with Gasteiger partial charge in [0.2, 0.25) is 0 Å². The molecule has 0 saturated heterocycles. The van der Waals surface area contributed by atoms with E-state index in [1.165, 1.54) is 77.0 Å². The van der Waals surface area contributed by atoms with Crippen molar-refractivity contribution in [3.05, 3.63) is 72.9 Å². The molecule has 66 heavy (non-hydrogen) atoms. The Morgan fingerprint density at radius 2 is 1.09 bits per heavy atom. The van der Waals surface area contributed by atoms with E-state index in [-0.39, 0.29) is 12.8 Å². The first-order chi connectivity index (χ1) is 31.5. The summed E-state index contributed by atoms with van der Waals surface area (Å²) in [4.78, 5) is 52.9. The molecule has 15 nitrogen and oxygen atoms in total. The maximum atomic E-state index is 12.7. The molecule has 0 aliphatic heterocycles. The minimum absolute atomic E-state index is 0.0567. The summed E-state index contributed by atoms with van der Waals surface area (Å²) in [7, 11) is -9.76. The lowest BCUT2D eigenvalue weighted by Gasteiger charge is -2.20. The smallest absolute Gasteiger partial charge is 0.462 e. The SMILES string of the molecule is CC/C=C\C[C@H](O)/C=C/C=C\C/C=C\C=C\[C@H](O)/C=C\CCCC(=O)O[C@H](COC(=O)CCCCCCCCCCCCCCCCCC(C)C)COP(=O)(O)OC[C@@H](O)COP(=O)(O)O. The van der Waals surface area contributed by atoms with Crippen LogP contribution in [0.3, 0.4) is 0 Å². The van der Waals surface area contributed by atoms with Crippen LogP contribution in [0.5, 0.6) is 0 Å². The maximum Gasteiger partial charge on any atom is 0.472 e. The lowest BCUT2D eigenvalue weighted by molar-refractivity contribution is -0.161. The molecule has 6 N–H and O–H groups in total. The second kappa shape index (κ2) is 42.6. The van der Waals surface area contributed by atoms with Crippen LogP contribution in [0, 0.1) is 5.92 Å². The topological polar surface area (TPSA) is 236 Å². The van der Waals surface area contributed by atoms with E-state index in [2.05, 4.69) is 22.9 Å². The summed E-state index contributed by atoms with van der Waals surface area (Å²) in [6.45, 7) is 3.69. The number of phosphoric ester groups is 2. The van der Waals surface area contributed by atoms with Crippen molar-refractivity contribution in [3.8, 4) is 0 Å². The van der Waals surface area contributed by atoms with Crippen molar-refractivity contribution >= 4 is 27.6 Å². The van der Waals surface area contributed by atoms with Gasteiger partial charge >= 0.3 is 27.6 Å². The molecule has 0 heterocycles. The van der Waals surface area contributed by atoms with Gasteiger partial charge in [-0.3, -0.25) is 23.2 Å². The Bertz CT molecular complexity index is 1490. The number of hydrogen-bond donors (Lipinski definition) is 6. The molecule has 5 atom stereocenters. The fraction of sp³-hybridized carbons (Fsp3) is 0.714. The molecule has 0 aromatic carbocycles. The quantitative estimate of drug-likeness (QED) is 0.0109. The molecule has 382 valence electrons. The fourth-order valence-corrected chi connectivity index (χ4v) is 7.43. The Morgan fingerprint density at radius 3 is 1.67 bits per heavy atom. The minimum atomic E-state index is -4.89. The third-order valence-electron chi connectivity index (χ3n) is 9.95. The highest BCUT2D eigenvalue weighted by molar-refractivity contribution is 7.47. The molecule has 17 heteroatoms. The molecule has 0 aromatic rings. The minimum Gasteiger partial charge on any atom is -0.462 e. The van der Waals surface area contributed by atoms with Crippen LogP contribution < -0.4 is 0 Å². The number of phosphoric acid groups is 2. The van der Waals surface area contributed by atoms with E-state index < -0.39 is 78.4 Å². The van der Waals surface area contributed by atoms with Gasteiger partial charge in [0, 0.05) is 12.8 Å². The monoisotopic (exact) mass is 977 g/mol. The van der Waals surface area contributed by atoms with Crippen LogP contribution in [0.4, 0.5) is 0 Å². The lowest BCUT2D eigenvalue weighted by atomic mass is 10.0. The zero-order valence-electron chi connectivity index (χ0n) is 40.2. The normalized spacial score (nSPS) is 15.5. The number of aliphatic hydroxyl groups is 3. The van der Waals surface area contributed by atoms with Crippen molar-refractivity contribution in [2.24, 2.45) is 5.92 Å². The summed E-state index contributed by atoms with van der Waals surface area (Å²) < 4.78 is 47.7. The van der Waals surface area contributed by atoms with Gasteiger partial charge < -0.3 is 39.5 Å². The summed E-state index contributed by atoms with van der Waals surface area (Å²) in [5.41, 5.74) is 0. The first-order valence-electron chi connectivity index (χ1n) is 24.2. The number of ether oxygens (including phenoxy) is 2. The van der Waals surface area contributed by atoms with Crippen LogP contribution >= 0.6 is 15.6 Å². The Morgan fingerprint density at radius 1 is 0.561 bits per heavy atom. The van der Waals surface area contributed by atoms with Crippen molar-refractivity contribution < 1.29 is 71.8 Å². The van der Waals surface area contributed by atoms with Gasteiger partial charge in [-0.25, -0.2) is 9.13 Å². The number of esters is 2. The van der Waals surface area contributed by atoms with Crippen LogP contribution in [0.15, 0.2) is 72.9 Å². The molecular weight excluding hydrogens is 890 g/mol. The van der Waals surface area contributed by atoms with Gasteiger partial charge in [-0.15, -0.1) is 0 Å². The Labute approximate surface area is 396 Å². The fourth-order valence-electron chi connectivity index (χ4n) is 6.27. The van der Waals surface area contributed by atoms with Crippen molar-refractivity contribution in [2.45, 2.75) is 193 Å². The average Bonchev–Trinajstić information content (AvgIpc) is 3.26. The number of carbonyl (C=O) groups excluding carboxylic acids is 2. The van der Waals surface area contributed by atoms with E-state index in [0.717, 1.165) is 31.6 Å². The number of rotatable bonds is 44. The average molecular weight is 977 g/mol. The van der Waals surface area contributed by atoms with Crippen LogP contribution in [0.1, 0.15) is 168 Å². The second-order valence-electron chi connectivity index (χ2n) is 16.9. The number of hydrogen-bond acceptors (Lipinski definition) is 12. The van der Waals surface area contributed by atoms with Crippen molar-refractivity contribution in [1.29, 1.82) is 0 Å². The summed E-state index contributed by atoms with van der Waals surface area (Å²) in [5.74, 6) is -0.407. The molecule has 0 aliphatic carbocycles. The van der Waals surface area contributed by atoms with E-state index in [1.807, 2.05) is 37.3 Å². The maximum absolute atomic E-state index is 12.7. The first-order valence-corrected chi connectivity index (χ1v) is 27.2. The summed E-state index contributed by atoms with van der Waals surface area (Å²) >= 11 is 0. The van der Waals surface area contributed by atoms with E-state index >= 15 is 0 Å². The molecule has 0 bridgehead atoms. The zero-order chi connectivity index (χ0) is 49.2. The molecule has 0 rings (SSSR count). The van der Waals surface area contributed by atoms with Crippen molar-refractivity contribution in [3.63, 3.8) is 0 Å². The highest BCUT2D eigenvalue weighted by Crippen LogP contribution is 2.43. The Balaban J connectivity index is 4.68. The van der Waals surface area contributed by atoms with Crippen LogP contribution in [-0.2, 0) is 41.8 Å². The van der Waals surface area contributed by atoms with Crippen molar-refractivity contribution in [1.82, 2.24) is 0 Å². The highest BCUT2D eigenvalue weighted by atomic mass is 31.2. The standard InChI is InChI=1S/C49H86O15P2/c1-4-5-25-33-44(50)34-27-21-17-15-18-22-28-35-45(51)36-29-24-31-38-49(54)64-47(42-63-66(58,59)62-40-46(52)39-61-65(55,56)57)41-60-48(53)37-30-23-19-14-12-10-8-6-7-9-11-13-16-20-26-32-43(2)3/h5,17-18,21-22,25,27-29,34-36,43-47,50-52H,4,6-16,19-20,23-24,26,30-33,37-42H2,1-3H3,(H,58,59)(H2,55,56,57)/b21-17-,22-18-,25-5-,34-27+,35-28+,36-29-/t44-,45-,46-,47+/m0/s1. The molecule has 0 aromatic heterocycles. The third kappa shape index (κ3) is 46.6. The lowest BCUT2D eigenvalue weighted by Crippen LogP contribution is -2.29. The van der Waals surface area contributed by atoms with Gasteiger partial charge in [0.25, 0.3) is 0 Å². The van der Waals surface area contributed by atoms with Gasteiger partial charge in [0.1, 0.15) is 12.7 Å². The van der Waals surface area contributed by atoms with E-state index in [1.54, 1.807) is 42.5 Å². The highest BCUT2D eigenvalue weighted by Gasteiger charge is 2.28. The molecule has 0 aliphatic rings. The molecule has 0 spiro atoms. The molecule has 1 unspecified atom stereocenters. The Hall–Kier alpha value is -2.52. The number of carbonyl (C=O) groups is 2. The van der Waals surface area contributed by atoms with E-state index in [9.17, 15) is 38.9 Å². The summed E-state index contributed by atoms with van der Waals surface area (Å²) in [6.07, 6.45) is 39.7. The molecule has 0 radical (unpaired) electrons. The van der Waals surface area contributed by atoms with Crippen LogP contribution in [-0.4, -0.2) is 92.8 Å².